The Morgan fingerprint density at radius 3 is 3.13 bits per heavy atom. The summed E-state index contributed by atoms with van der Waals surface area (Å²) < 4.78 is 24.8. The molecule has 1 atom stereocenters. The number of nitrogens with one attached hydrogen (secondary N) is 1. The number of morpholine rings is 1. The van der Waals surface area contributed by atoms with E-state index in [4.69, 9.17) is 9.47 Å². The van der Waals surface area contributed by atoms with Gasteiger partial charge in [-0.3, -0.25) is 4.79 Å². The molecule has 2 aliphatic rings. The number of nitrogens with zero attached hydrogens (tertiary/aromatic N) is 4. The van der Waals surface area contributed by atoms with Crippen LogP contribution in [0.3, 0.4) is 0 Å². The molecule has 23 heavy (non-hydrogen) atoms. The Morgan fingerprint density at radius 1 is 1.39 bits per heavy atom. The number of carbonyl (C=O) groups excluding carboxylic acids is 1. The SMILES string of the molecule is O=C(c1ccc(F)c2c1OCC2)N1CCOC(c2nn[nH]n2)C1. The Kier molecular flexibility index (Phi) is 3.41. The summed E-state index contributed by atoms with van der Waals surface area (Å²) in [6.45, 7) is 1.52. The van der Waals surface area contributed by atoms with Crippen LogP contribution in [-0.4, -0.2) is 57.7 Å². The van der Waals surface area contributed by atoms with E-state index in [1.165, 1.54) is 12.1 Å². The largest absolute Gasteiger partial charge is 0.492 e. The third-order valence-corrected chi connectivity index (χ3v) is 4.04. The van der Waals surface area contributed by atoms with Gasteiger partial charge in [0.2, 0.25) is 5.82 Å². The molecule has 4 rings (SSSR count). The lowest BCUT2D eigenvalue weighted by atomic mass is 10.1. The van der Waals surface area contributed by atoms with Crippen LogP contribution in [0.15, 0.2) is 12.1 Å². The van der Waals surface area contributed by atoms with Crippen molar-refractivity contribution in [2.45, 2.75) is 12.5 Å². The number of halogens is 1. The van der Waals surface area contributed by atoms with Gasteiger partial charge in [-0.25, -0.2) is 4.39 Å². The molecule has 1 aromatic heterocycles. The highest BCUT2D eigenvalue weighted by atomic mass is 19.1. The molecule has 120 valence electrons. The number of fused-ring (bicyclic) bond motifs is 1. The Balaban J connectivity index is 1.59. The van der Waals surface area contributed by atoms with Crippen LogP contribution in [0.2, 0.25) is 0 Å². The number of aromatic nitrogens is 4. The van der Waals surface area contributed by atoms with Gasteiger partial charge in [0.05, 0.1) is 25.3 Å². The topological polar surface area (TPSA) is 93.2 Å². The second kappa shape index (κ2) is 5.58. The van der Waals surface area contributed by atoms with E-state index in [9.17, 15) is 9.18 Å². The summed E-state index contributed by atoms with van der Waals surface area (Å²) in [6, 6.07) is 2.79. The summed E-state index contributed by atoms with van der Waals surface area (Å²) >= 11 is 0. The molecule has 1 unspecified atom stereocenters. The third kappa shape index (κ3) is 2.42. The minimum absolute atomic E-state index is 0.208. The van der Waals surface area contributed by atoms with Crippen LogP contribution in [0, 0.1) is 5.82 Å². The van der Waals surface area contributed by atoms with Crippen molar-refractivity contribution in [3.05, 3.63) is 34.9 Å². The van der Waals surface area contributed by atoms with Crippen molar-refractivity contribution >= 4 is 5.91 Å². The molecule has 8 nitrogen and oxygen atoms in total. The lowest BCUT2D eigenvalue weighted by Gasteiger charge is -2.31. The average molecular weight is 319 g/mol. The van der Waals surface area contributed by atoms with Crippen molar-refractivity contribution < 1.29 is 18.7 Å². The van der Waals surface area contributed by atoms with Crippen LogP contribution in [0.5, 0.6) is 5.75 Å². The minimum Gasteiger partial charge on any atom is -0.492 e. The highest BCUT2D eigenvalue weighted by Gasteiger charge is 2.32. The molecular formula is C14H14FN5O3. The van der Waals surface area contributed by atoms with Gasteiger partial charge in [0.15, 0.2) is 0 Å². The van der Waals surface area contributed by atoms with E-state index in [1.54, 1.807) is 4.90 Å². The van der Waals surface area contributed by atoms with Gasteiger partial charge in [0.1, 0.15) is 17.7 Å². The van der Waals surface area contributed by atoms with Gasteiger partial charge >= 0.3 is 0 Å². The molecule has 0 bridgehead atoms. The Bertz CT molecular complexity index is 736. The lowest BCUT2D eigenvalue weighted by Crippen LogP contribution is -2.42. The second-order valence-electron chi connectivity index (χ2n) is 5.38. The van der Waals surface area contributed by atoms with E-state index in [2.05, 4.69) is 20.6 Å². The number of ether oxygens (including phenoxy) is 2. The number of tetrazole rings is 1. The molecule has 1 saturated heterocycles. The monoisotopic (exact) mass is 319 g/mol. The van der Waals surface area contributed by atoms with Crippen LogP contribution in [0.4, 0.5) is 4.39 Å². The van der Waals surface area contributed by atoms with E-state index in [0.717, 1.165) is 0 Å². The first-order valence-corrected chi connectivity index (χ1v) is 7.32. The van der Waals surface area contributed by atoms with Crippen molar-refractivity contribution in [2.24, 2.45) is 0 Å². The first-order valence-electron chi connectivity index (χ1n) is 7.32. The van der Waals surface area contributed by atoms with E-state index in [1.807, 2.05) is 0 Å². The standard InChI is InChI=1S/C14H14FN5O3/c15-10-2-1-9(12-8(10)3-5-23-12)14(21)20-4-6-22-11(7-20)13-16-18-19-17-13/h1-2,11H,3-7H2,(H,16,17,18,19). The van der Waals surface area contributed by atoms with Crippen LogP contribution in [-0.2, 0) is 11.2 Å². The number of rotatable bonds is 2. The fourth-order valence-corrected chi connectivity index (χ4v) is 2.89. The molecule has 2 aliphatic heterocycles. The average Bonchev–Trinajstić information content (AvgIpc) is 3.27. The minimum atomic E-state index is -0.430. The fourth-order valence-electron chi connectivity index (χ4n) is 2.89. The fraction of sp³-hybridized carbons (Fsp3) is 0.429. The van der Waals surface area contributed by atoms with Crippen LogP contribution in [0.1, 0.15) is 27.8 Å². The predicted octanol–water partition coefficient (Wildman–Crippen LogP) is 0.487. The van der Waals surface area contributed by atoms with Crippen molar-refractivity contribution in [2.75, 3.05) is 26.3 Å². The Hall–Kier alpha value is -2.55. The number of hydrogen-bond acceptors (Lipinski definition) is 6. The quantitative estimate of drug-likeness (QED) is 0.866. The molecular weight excluding hydrogens is 305 g/mol. The van der Waals surface area contributed by atoms with Crippen LogP contribution in [0.25, 0.3) is 0 Å². The zero-order valence-corrected chi connectivity index (χ0v) is 12.2. The normalized spacial score (nSPS) is 20.2. The lowest BCUT2D eigenvalue weighted by molar-refractivity contribution is -0.0268. The first kappa shape index (κ1) is 14.1. The van der Waals surface area contributed by atoms with Gasteiger partial charge in [-0.2, -0.15) is 5.21 Å². The van der Waals surface area contributed by atoms with Gasteiger partial charge in [-0.1, -0.05) is 5.21 Å². The maximum Gasteiger partial charge on any atom is 0.257 e. The van der Waals surface area contributed by atoms with E-state index < -0.39 is 6.10 Å². The molecule has 0 spiro atoms. The van der Waals surface area contributed by atoms with Crippen molar-refractivity contribution in [3.63, 3.8) is 0 Å². The highest BCUT2D eigenvalue weighted by molar-refractivity contribution is 5.97. The summed E-state index contributed by atoms with van der Waals surface area (Å²) in [6.07, 6.45) is 0.0533. The van der Waals surface area contributed by atoms with Crippen molar-refractivity contribution in [3.8, 4) is 5.75 Å². The Labute approximate surface area is 130 Å². The molecule has 0 saturated carbocycles. The molecule has 1 fully saturated rings. The maximum atomic E-state index is 13.8. The zero-order valence-electron chi connectivity index (χ0n) is 12.2. The van der Waals surface area contributed by atoms with E-state index in [0.29, 0.717) is 55.4 Å². The van der Waals surface area contributed by atoms with Gasteiger partial charge in [0.25, 0.3) is 5.91 Å². The van der Waals surface area contributed by atoms with Gasteiger partial charge in [-0.15, -0.1) is 10.2 Å². The number of hydrogen-bond donors (Lipinski definition) is 1. The summed E-state index contributed by atoms with van der Waals surface area (Å²) in [4.78, 5) is 14.4. The molecule has 0 radical (unpaired) electrons. The summed E-state index contributed by atoms with van der Waals surface area (Å²) in [5.74, 6) is 0.223. The second-order valence-corrected chi connectivity index (χ2v) is 5.38. The summed E-state index contributed by atoms with van der Waals surface area (Å²) in [5, 5.41) is 13.7. The maximum absolute atomic E-state index is 13.8. The first-order chi connectivity index (χ1) is 11.2. The van der Waals surface area contributed by atoms with Crippen LogP contribution >= 0.6 is 0 Å². The number of aromatic amines is 1. The molecule has 1 amide bonds. The van der Waals surface area contributed by atoms with Crippen LogP contribution < -0.4 is 4.74 Å². The van der Waals surface area contributed by atoms with E-state index in [-0.39, 0.29) is 11.7 Å². The summed E-state index contributed by atoms with van der Waals surface area (Å²) in [7, 11) is 0. The molecule has 9 heteroatoms. The number of amides is 1. The molecule has 2 aromatic rings. The van der Waals surface area contributed by atoms with Crippen molar-refractivity contribution in [1.29, 1.82) is 0 Å². The number of H-pyrrole nitrogens is 1. The third-order valence-electron chi connectivity index (χ3n) is 4.04. The van der Waals surface area contributed by atoms with Gasteiger partial charge < -0.3 is 14.4 Å². The van der Waals surface area contributed by atoms with E-state index >= 15 is 0 Å². The molecule has 3 heterocycles. The highest BCUT2D eigenvalue weighted by Crippen LogP contribution is 2.33. The number of benzene rings is 1. The number of carbonyl (C=O) groups is 1. The smallest absolute Gasteiger partial charge is 0.257 e. The predicted molar refractivity (Wildman–Crippen MR) is 74.4 cm³/mol. The van der Waals surface area contributed by atoms with Gasteiger partial charge in [-0.05, 0) is 12.1 Å². The summed E-state index contributed by atoms with van der Waals surface area (Å²) in [5.41, 5.74) is 0.853. The zero-order chi connectivity index (χ0) is 15.8. The van der Waals surface area contributed by atoms with Crippen molar-refractivity contribution in [1.82, 2.24) is 25.5 Å². The molecule has 0 aliphatic carbocycles. The molecule has 1 aromatic carbocycles. The molecule has 1 N–H and O–H groups in total. The van der Waals surface area contributed by atoms with Gasteiger partial charge in [0, 0.05) is 18.5 Å². The Morgan fingerprint density at radius 2 is 2.30 bits per heavy atom.